The minimum Gasteiger partial charge on any atom is -0.492 e. The van der Waals surface area contributed by atoms with Gasteiger partial charge in [-0.1, -0.05) is 22.9 Å². The lowest BCUT2D eigenvalue weighted by Crippen LogP contribution is -2.46. The molecule has 1 aliphatic heterocycles. The van der Waals surface area contributed by atoms with Gasteiger partial charge >= 0.3 is 0 Å². The first-order chi connectivity index (χ1) is 8.79. The summed E-state index contributed by atoms with van der Waals surface area (Å²) in [6, 6.07) is 8.52. The summed E-state index contributed by atoms with van der Waals surface area (Å²) in [5, 5.41) is 0. The van der Waals surface area contributed by atoms with Crippen LogP contribution in [-0.4, -0.2) is 43.9 Å². The third kappa shape index (κ3) is 3.97. The maximum Gasteiger partial charge on any atom is 0.119 e. The minimum absolute atomic E-state index is 0.548. The zero-order valence-electron chi connectivity index (χ0n) is 10.8. The van der Waals surface area contributed by atoms with E-state index in [1.165, 1.54) is 0 Å². The molecule has 0 radical (unpaired) electrons. The van der Waals surface area contributed by atoms with Crippen molar-refractivity contribution in [2.75, 3.05) is 32.9 Å². The summed E-state index contributed by atoms with van der Waals surface area (Å²) in [6.07, 6.45) is 1.14. The summed E-state index contributed by atoms with van der Waals surface area (Å²) in [6.45, 7) is 6.63. The Morgan fingerprint density at radius 3 is 2.89 bits per heavy atom. The Morgan fingerprint density at radius 2 is 2.17 bits per heavy atom. The van der Waals surface area contributed by atoms with Crippen molar-refractivity contribution < 1.29 is 9.47 Å². The number of hydrogen-bond donors (Lipinski definition) is 0. The number of halogens is 1. The van der Waals surface area contributed by atoms with Gasteiger partial charge in [-0.15, -0.1) is 0 Å². The van der Waals surface area contributed by atoms with Crippen molar-refractivity contribution in [3.8, 4) is 5.75 Å². The van der Waals surface area contributed by atoms with Gasteiger partial charge in [-0.3, -0.25) is 4.90 Å². The summed E-state index contributed by atoms with van der Waals surface area (Å²) >= 11 is 3.42. The van der Waals surface area contributed by atoms with Gasteiger partial charge in [-0.25, -0.2) is 0 Å². The van der Waals surface area contributed by atoms with Crippen LogP contribution in [-0.2, 0) is 4.74 Å². The lowest BCUT2D eigenvalue weighted by atomic mass is 10.2. The molecule has 0 N–H and O–H groups in total. The van der Waals surface area contributed by atoms with Crippen molar-refractivity contribution in [3.05, 3.63) is 28.7 Å². The van der Waals surface area contributed by atoms with Crippen molar-refractivity contribution in [2.24, 2.45) is 0 Å². The van der Waals surface area contributed by atoms with Gasteiger partial charge in [0, 0.05) is 23.6 Å². The Morgan fingerprint density at radius 1 is 1.39 bits per heavy atom. The highest BCUT2D eigenvalue weighted by Crippen LogP contribution is 2.16. The fourth-order valence-corrected chi connectivity index (χ4v) is 2.44. The fraction of sp³-hybridized carbons (Fsp3) is 0.571. The lowest BCUT2D eigenvalue weighted by Gasteiger charge is -2.34. The van der Waals surface area contributed by atoms with Crippen molar-refractivity contribution >= 4 is 15.9 Å². The smallest absolute Gasteiger partial charge is 0.119 e. The van der Waals surface area contributed by atoms with Crippen LogP contribution in [0.4, 0.5) is 0 Å². The monoisotopic (exact) mass is 313 g/mol. The number of nitrogens with zero attached hydrogens (tertiary/aromatic N) is 1. The van der Waals surface area contributed by atoms with E-state index >= 15 is 0 Å². The second-order valence-electron chi connectivity index (χ2n) is 4.48. The molecule has 1 heterocycles. The maximum atomic E-state index is 5.75. The van der Waals surface area contributed by atoms with E-state index in [-0.39, 0.29) is 0 Å². The van der Waals surface area contributed by atoms with E-state index < -0.39 is 0 Å². The van der Waals surface area contributed by atoms with Crippen LogP contribution in [0.25, 0.3) is 0 Å². The molecule has 18 heavy (non-hydrogen) atoms. The van der Waals surface area contributed by atoms with Crippen LogP contribution >= 0.6 is 15.9 Å². The predicted molar refractivity (Wildman–Crippen MR) is 76.1 cm³/mol. The standard InChI is InChI=1S/C14H20BrNO2/c1-2-13-11-17-9-7-16(13)8-10-18-14-5-3-12(15)4-6-14/h3-6,13H,2,7-11H2,1H3. The summed E-state index contributed by atoms with van der Waals surface area (Å²) in [4.78, 5) is 2.46. The third-order valence-electron chi connectivity index (χ3n) is 3.28. The van der Waals surface area contributed by atoms with Crippen molar-refractivity contribution in [3.63, 3.8) is 0 Å². The van der Waals surface area contributed by atoms with E-state index in [1.807, 2.05) is 24.3 Å². The van der Waals surface area contributed by atoms with Crippen LogP contribution < -0.4 is 4.74 Å². The molecule has 1 unspecified atom stereocenters. The van der Waals surface area contributed by atoms with E-state index in [0.29, 0.717) is 6.04 Å². The van der Waals surface area contributed by atoms with Crippen molar-refractivity contribution in [2.45, 2.75) is 19.4 Å². The Hall–Kier alpha value is -0.580. The third-order valence-corrected chi connectivity index (χ3v) is 3.81. The molecule has 0 amide bonds. The summed E-state index contributed by atoms with van der Waals surface area (Å²) in [5.41, 5.74) is 0. The number of morpholine rings is 1. The van der Waals surface area contributed by atoms with Crippen LogP contribution in [0.3, 0.4) is 0 Å². The molecule has 1 atom stereocenters. The predicted octanol–water partition coefficient (Wildman–Crippen LogP) is 2.94. The molecular weight excluding hydrogens is 294 g/mol. The van der Waals surface area contributed by atoms with Crippen LogP contribution in [0.15, 0.2) is 28.7 Å². The van der Waals surface area contributed by atoms with Gasteiger partial charge in [0.2, 0.25) is 0 Å². The second kappa shape index (κ2) is 7.12. The van der Waals surface area contributed by atoms with Gasteiger partial charge < -0.3 is 9.47 Å². The largest absolute Gasteiger partial charge is 0.492 e. The van der Waals surface area contributed by atoms with Crippen LogP contribution in [0.5, 0.6) is 5.75 Å². The molecule has 100 valence electrons. The van der Waals surface area contributed by atoms with Gasteiger partial charge in [0.05, 0.1) is 13.2 Å². The first kappa shape index (κ1) is 13.8. The average Bonchev–Trinajstić information content (AvgIpc) is 2.41. The second-order valence-corrected chi connectivity index (χ2v) is 5.39. The molecule has 1 saturated heterocycles. The fourth-order valence-electron chi connectivity index (χ4n) is 2.17. The molecule has 1 aromatic carbocycles. The van der Waals surface area contributed by atoms with Crippen LogP contribution in [0, 0.1) is 0 Å². The molecule has 1 fully saturated rings. The molecule has 4 heteroatoms. The highest BCUT2D eigenvalue weighted by Gasteiger charge is 2.20. The number of hydrogen-bond acceptors (Lipinski definition) is 3. The van der Waals surface area contributed by atoms with Crippen LogP contribution in [0.2, 0.25) is 0 Å². The molecule has 0 spiro atoms. The highest BCUT2D eigenvalue weighted by molar-refractivity contribution is 9.10. The summed E-state index contributed by atoms with van der Waals surface area (Å²) < 4.78 is 12.3. The van der Waals surface area contributed by atoms with Gasteiger partial charge in [0.1, 0.15) is 12.4 Å². The number of ether oxygens (including phenoxy) is 2. The average molecular weight is 314 g/mol. The zero-order valence-corrected chi connectivity index (χ0v) is 12.4. The van der Waals surface area contributed by atoms with Gasteiger partial charge in [0.15, 0.2) is 0 Å². The van der Waals surface area contributed by atoms with Crippen molar-refractivity contribution in [1.29, 1.82) is 0 Å². The molecule has 2 rings (SSSR count). The molecule has 0 aliphatic carbocycles. The normalized spacial score (nSPS) is 20.9. The summed E-state index contributed by atoms with van der Waals surface area (Å²) in [7, 11) is 0. The van der Waals surface area contributed by atoms with E-state index in [9.17, 15) is 0 Å². The Kier molecular flexibility index (Phi) is 5.47. The summed E-state index contributed by atoms with van der Waals surface area (Å²) in [5.74, 6) is 0.930. The topological polar surface area (TPSA) is 21.7 Å². The minimum atomic E-state index is 0.548. The molecule has 3 nitrogen and oxygen atoms in total. The van der Waals surface area contributed by atoms with E-state index in [1.54, 1.807) is 0 Å². The van der Waals surface area contributed by atoms with Gasteiger partial charge in [-0.05, 0) is 30.7 Å². The number of rotatable bonds is 5. The van der Waals surface area contributed by atoms with E-state index in [2.05, 4.69) is 27.8 Å². The first-order valence-corrected chi connectivity index (χ1v) is 7.29. The quantitative estimate of drug-likeness (QED) is 0.834. The molecule has 1 aliphatic rings. The molecular formula is C14H20BrNO2. The van der Waals surface area contributed by atoms with Crippen LogP contribution in [0.1, 0.15) is 13.3 Å². The van der Waals surface area contributed by atoms with Crippen molar-refractivity contribution in [1.82, 2.24) is 4.90 Å². The Balaban J connectivity index is 1.75. The molecule has 0 bridgehead atoms. The number of benzene rings is 1. The van der Waals surface area contributed by atoms with Gasteiger partial charge in [0.25, 0.3) is 0 Å². The van der Waals surface area contributed by atoms with Gasteiger partial charge in [-0.2, -0.15) is 0 Å². The molecule has 0 aromatic heterocycles. The van der Waals surface area contributed by atoms with E-state index in [0.717, 1.165) is 49.6 Å². The molecule has 1 aromatic rings. The zero-order chi connectivity index (χ0) is 12.8. The Bertz CT molecular complexity index is 355. The van der Waals surface area contributed by atoms with E-state index in [4.69, 9.17) is 9.47 Å². The highest BCUT2D eigenvalue weighted by atomic mass is 79.9. The Labute approximate surface area is 117 Å². The molecule has 0 saturated carbocycles. The lowest BCUT2D eigenvalue weighted by molar-refractivity contribution is -0.0132. The first-order valence-electron chi connectivity index (χ1n) is 6.49. The maximum absolute atomic E-state index is 5.75. The SMILES string of the molecule is CCC1COCCN1CCOc1ccc(Br)cc1.